The Labute approximate surface area is 101 Å². The van der Waals surface area contributed by atoms with E-state index in [1.165, 1.54) is 0 Å². The van der Waals surface area contributed by atoms with Gasteiger partial charge in [0.15, 0.2) is 0 Å². The molecule has 2 N–H and O–H groups in total. The fourth-order valence-electron chi connectivity index (χ4n) is 1.37. The van der Waals surface area contributed by atoms with Crippen molar-refractivity contribution in [2.24, 2.45) is 5.73 Å². The number of benzene rings is 1. The van der Waals surface area contributed by atoms with Crippen molar-refractivity contribution in [3.8, 4) is 0 Å². The van der Waals surface area contributed by atoms with E-state index in [-0.39, 0.29) is 11.9 Å². The van der Waals surface area contributed by atoms with Crippen molar-refractivity contribution < 1.29 is 4.79 Å². The number of hydrogen-bond donors (Lipinski definition) is 1. The van der Waals surface area contributed by atoms with Crippen LogP contribution in [0.1, 0.15) is 22.8 Å². The van der Waals surface area contributed by atoms with Crippen LogP contribution in [0.25, 0.3) is 0 Å². The summed E-state index contributed by atoms with van der Waals surface area (Å²) >= 11 is 4.88. The molecule has 1 rings (SSSR count). The van der Waals surface area contributed by atoms with Gasteiger partial charge in [-0.25, -0.2) is 0 Å². The summed E-state index contributed by atoms with van der Waals surface area (Å²) in [6, 6.07) is 7.23. The molecule has 1 aromatic carbocycles. The molecule has 0 aliphatic rings. The van der Waals surface area contributed by atoms with Gasteiger partial charge in [0.2, 0.25) is 0 Å². The predicted octanol–water partition coefficient (Wildman–Crippen LogP) is 1.74. The minimum Gasteiger partial charge on any atom is -0.392 e. The molecule has 0 aliphatic carbocycles. The molecule has 0 heterocycles. The molecule has 4 heteroatoms. The summed E-state index contributed by atoms with van der Waals surface area (Å²) in [4.78, 5) is 14.0. The zero-order valence-corrected chi connectivity index (χ0v) is 10.5. The Bertz CT molecular complexity index is 417. The van der Waals surface area contributed by atoms with Gasteiger partial charge in [0, 0.05) is 12.6 Å². The lowest BCUT2D eigenvalue weighted by Gasteiger charge is -2.24. The van der Waals surface area contributed by atoms with Gasteiger partial charge in [-0.3, -0.25) is 4.79 Å². The Morgan fingerprint density at radius 3 is 2.50 bits per heavy atom. The second-order valence-corrected chi connectivity index (χ2v) is 4.28. The fraction of sp³-hybridized carbons (Fsp3) is 0.333. The van der Waals surface area contributed by atoms with Crippen molar-refractivity contribution in [2.45, 2.75) is 19.9 Å². The van der Waals surface area contributed by atoms with E-state index in [1.54, 1.807) is 18.0 Å². The minimum atomic E-state index is -0.234. The molecule has 3 nitrogen and oxygen atoms in total. The van der Waals surface area contributed by atoms with E-state index in [1.807, 2.05) is 32.0 Å². The number of carbonyl (C=O) groups excluding carboxylic acids is 1. The van der Waals surface area contributed by atoms with Crippen molar-refractivity contribution in [1.82, 2.24) is 4.90 Å². The quantitative estimate of drug-likeness (QED) is 0.813. The van der Waals surface area contributed by atoms with Crippen LogP contribution in [0.4, 0.5) is 0 Å². The maximum absolute atomic E-state index is 12.1. The number of nitrogens with two attached hydrogens (primary N) is 1. The Hall–Kier alpha value is -1.42. The molecule has 0 aliphatic heterocycles. The molecule has 1 unspecified atom stereocenters. The smallest absolute Gasteiger partial charge is 0.254 e. The minimum absolute atomic E-state index is 0.0570. The first-order valence-corrected chi connectivity index (χ1v) is 5.48. The molecule has 86 valence electrons. The van der Waals surface area contributed by atoms with Gasteiger partial charge in [0.1, 0.15) is 0 Å². The van der Waals surface area contributed by atoms with Gasteiger partial charge < -0.3 is 10.6 Å². The molecular weight excluding hydrogens is 220 g/mol. The Balaban J connectivity index is 2.95. The second kappa shape index (κ2) is 5.07. The largest absolute Gasteiger partial charge is 0.392 e. The third kappa shape index (κ3) is 2.58. The highest BCUT2D eigenvalue weighted by molar-refractivity contribution is 7.80. The van der Waals surface area contributed by atoms with E-state index in [9.17, 15) is 4.79 Å². The van der Waals surface area contributed by atoms with Crippen LogP contribution in [0.15, 0.2) is 24.3 Å². The Morgan fingerprint density at radius 1 is 1.44 bits per heavy atom. The van der Waals surface area contributed by atoms with Crippen molar-refractivity contribution in [3.63, 3.8) is 0 Å². The third-order valence-corrected chi connectivity index (χ3v) is 3.03. The van der Waals surface area contributed by atoms with E-state index in [2.05, 4.69) is 0 Å². The first kappa shape index (κ1) is 12.6. The normalized spacial score (nSPS) is 11.9. The maximum Gasteiger partial charge on any atom is 0.254 e. The lowest BCUT2D eigenvalue weighted by molar-refractivity contribution is 0.0778. The number of likely N-dealkylation sites (N-methyl/N-ethyl adjacent to an activating group) is 1. The number of nitrogens with zero attached hydrogens (tertiary/aromatic N) is 1. The van der Waals surface area contributed by atoms with E-state index in [0.717, 1.165) is 5.56 Å². The number of rotatable bonds is 3. The summed E-state index contributed by atoms with van der Waals surface area (Å²) in [6.45, 7) is 3.73. The van der Waals surface area contributed by atoms with Gasteiger partial charge in [-0.2, -0.15) is 0 Å². The lowest BCUT2D eigenvalue weighted by Crippen LogP contribution is -2.42. The number of aryl methyl sites for hydroxylation is 1. The summed E-state index contributed by atoms with van der Waals surface area (Å²) in [5.41, 5.74) is 7.17. The molecule has 1 aromatic rings. The van der Waals surface area contributed by atoms with Crippen LogP contribution in [0, 0.1) is 6.92 Å². The SMILES string of the molecule is Cc1ccccc1C(=O)N(C)C(C)C(N)=S. The molecule has 1 amide bonds. The van der Waals surface area contributed by atoms with Crippen molar-refractivity contribution >= 4 is 23.1 Å². The predicted molar refractivity (Wildman–Crippen MR) is 69.5 cm³/mol. The molecule has 1 atom stereocenters. The Morgan fingerprint density at radius 2 is 2.00 bits per heavy atom. The maximum atomic E-state index is 12.1. The van der Waals surface area contributed by atoms with Gasteiger partial charge in [-0.05, 0) is 25.5 Å². The summed E-state index contributed by atoms with van der Waals surface area (Å²) in [5.74, 6) is -0.0570. The van der Waals surface area contributed by atoms with Gasteiger partial charge in [0.05, 0.1) is 11.0 Å². The van der Waals surface area contributed by atoms with Gasteiger partial charge >= 0.3 is 0 Å². The molecular formula is C12H16N2OS. The monoisotopic (exact) mass is 236 g/mol. The average molecular weight is 236 g/mol. The second-order valence-electron chi connectivity index (χ2n) is 3.81. The lowest BCUT2D eigenvalue weighted by atomic mass is 10.1. The molecule has 0 saturated heterocycles. The van der Waals surface area contributed by atoms with Crippen LogP contribution in [0.5, 0.6) is 0 Å². The van der Waals surface area contributed by atoms with Gasteiger partial charge in [0.25, 0.3) is 5.91 Å². The zero-order chi connectivity index (χ0) is 12.3. The summed E-state index contributed by atoms with van der Waals surface area (Å²) in [6.07, 6.45) is 0. The van der Waals surface area contributed by atoms with Crippen LogP contribution < -0.4 is 5.73 Å². The standard InChI is InChI=1S/C12H16N2OS/c1-8-6-4-5-7-10(8)12(15)14(3)9(2)11(13)16/h4-7,9H,1-3H3,(H2,13,16). The molecule has 0 radical (unpaired) electrons. The first-order valence-electron chi connectivity index (χ1n) is 5.07. The highest BCUT2D eigenvalue weighted by Crippen LogP contribution is 2.11. The highest BCUT2D eigenvalue weighted by atomic mass is 32.1. The first-order chi connectivity index (χ1) is 7.45. The van der Waals surface area contributed by atoms with Crippen LogP contribution >= 0.6 is 12.2 Å². The average Bonchev–Trinajstić information content (AvgIpc) is 2.26. The van der Waals surface area contributed by atoms with Crippen molar-refractivity contribution in [1.29, 1.82) is 0 Å². The summed E-state index contributed by atoms with van der Waals surface area (Å²) in [7, 11) is 1.71. The third-order valence-electron chi connectivity index (χ3n) is 2.69. The number of amides is 1. The summed E-state index contributed by atoms with van der Waals surface area (Å²) < 4.78 is 0. The zero-order valence-electron chi connectivity index (χ0n) is 9.73. The number of hydrogen-bond acceptors (Lipinski definition) is 2. The van der Waals surface area contributed by atoms with Crippen LogP contribution in [0.2, 0.25) is 0 Å². The Kier molecular flexibility index (Phi) is 4.01. The fourth-order valence-corrected chi connectivity index (χ4v) is 1.53. The molecule has 0 saturated carbocycles. The molecule has 0 spiro atoms. The van der Waals surface area contributed by atoms with E-state index >= 15 is 0 Å². The van der Waals surface area contributed by atoms with E-state index < -0.39 is 0 Å². The van der Waals surface area contributed by atoms with E-state index in [0.29, 0.717) is 10.6 Å². The van der Waals surface area contributed by atoms with Crippen molar-refractivity contribution in [3.05, 3.63) is 35.4 Å². The number of thiocarbonyl (C=S) groups is 1. The van der Waals surface area contributed by atoms with Gasteiger partial charge in [-0.15, -0.1) is 0 Å². The molecule has 0 fully saturated rings. The van der Waals surface area contributed by atoms with Crippen LogP contribution in [-0.4, -0.2) is 28.9 Å². The molecule has 16 heavy (non-hydrogen) atoms. The van der Waals surface area contributed by atoms with Gasteiger partial charge in [-0.1, -0.05) is 30.4 Å². The molecule has 0 aromatic heterocycles. The number of carbonyl (C=O) groups is 1. The van der Waals surface area contributed by atoms with E-state index in [4.69, 9.17) is 18.0 Å². The highest BCUT2D eigenvalue weighted by Gasteiger charge is 2.20. The molecule has 0 bridgehead atoms. The van der Waals surface area contributed by atoms with Crippen molar-refractivity contribution in [2.75, 3.05) is 7.05 Å². The topological polar surface area (TPSA) is 46.3 Å². The summed E-state index contributed by atoms with van der Waals surface area (Å²) in [5, 5.41) is 0. The van der Waals surface area contributed by atoms with Crippen LogP contribution in [0.3, 0.4) is 0 Å². The van der Waals surface area contributed by atoms with Crippen LogP contribution in [-0.2, 0) is 0 Å².